The Hall–Kier alpha value is -1.26. The van der Waals surface area contributed by atoms with Gasteiger partial charge in [0.15, 0.2) is 5.78 Å². The molecule has 1 unspecified atom stereocenters. The average Bonchev–Trinajstić information content (AvgIpc) is 2.78. The summed E-state index contributed by atoms with van der Waals surface area (Å²) in [5.41, 5.74) is 0.484. The van der Waals surface area contributed by atoms with Crippen LogP contribution in [0.25, 0.3) is 0 Å². The molecule has 0 spiro atoms. The third kappa shape index (κ3) is 3.07. The zero-order valence-electron chi connectivity index (χ0n) is 11.7. The highest BCUT2D eigenvalue weighted by Crippen LogP contribution is 2.21. The average molecular weight is 276 g/mol. The standard InChI is InChI=1S/C16H21FN2O/c17-14-5-1-4-13(10-14)16(20)12-18-7-3-9-19-8-2-6-15(19)11-18/h1,4-5,10,15H,2-3,6-9,11-12H2. The molecule has 108 valence electrons. The minimum Gasteiger partial charge on any atom is -0.299 e. The summed E-state index contributed by atoms with van der Waals surface area (Å²) in [4.78, 5) is 17.0. The molecule has 0 amide bonds. The molecule has 1 atom stereocenters. The van der Waals surface area contributed by atoms with Crippen LogP contribution in [0.1, 0.15) is 29.6 Å². The smallest absolute Gasteiger partial charge is 0.176 e. The van der Waals surface area contributed by atoms with Crippen LogP contribution in [-0.2, 0) is 0 Å². The fraction of sp³-hybridized carbons (Fsp3) is 0.562. The zero-order chi connectivity index (χ0) is 13.9. The Morgan fingerprint density at radius 3 is 2.95 bits per heavy atom. The molecule has 0 radical (unpaired) electrons. The Balaban J connectivity index is 1.63. The highest BCUT2D eigenvalue weighted by atomic mass is 19.1. The molecule has 2 saturated heterocycles. The number of halogens is 1. The number of carbonyl (C=O) groups is 1. The lowest BCUT2D eigenvalue weighted by molar-refractivity contribution is 0.0924. The molecule has 1 aromatic carbocycles. The molecule has 0 bridgehead atoms. The quantitative estimate of drug-likeness (QED) is 0.791. The number of ketones is 1. The fourth-order valence-corrected chi connectivity index (χ4v) is 3.38. The summed E-state index contributed by atoms with van der Waals surface area (Å²) in [6.07, 6.45) is 3.63. The Morgan fingerprint density at radius 1 is 1.25 bits per heavy atom. The topological polar surface area (TPSA) is 23.6 Å². The third-order valence-corrected chi connectivity index (χ3v) is 4.40. The molecule has 0 aliphatic carbocycles. The summed E-state index contributed by atoms with van der Waals surface area (Å²) in [5, 5.41) is 0. The van der Waals surface area contributed by atoms with Crippen LogP contribution >= 0.6 is 0 Å². The normalized spacial score (nSPS) is 24.4. The van der Waals surface area contributed by atoms with Gasteiger partial charge < -0.3 is 0 Å². The minimum atomic E-state index is -0.339. The van der Waals surface area contributed by atoms with Crippen molar-refractivity contribution in [2.45, 2.75) is 25.3 Å². The molecular weight excluding hydrogens is 255 g/mol. The maximum absolute atomic E-state index is 13.2. The van der Waals surface area contributed by atoms with Crippen molar-refractivity contribution in [3.05, 3.63) is 35.6 Å². The van der Waals surface area contributed by atoms with Gasteiger partial charge in [-0.2, -0.15) is 0 Å². The van der Waals surface area contributed by atoms with Crippen molar-refractivity contribution in [3.8, 4) is 0 Å². The number of fused-ring (bicyclic) bond motifs is 1. The van der Waals surface area contributed by atoms with Gasteiger partial charge in [-0.25, -0.2) is 4.39 Å². The van der Waals surface area contributed by atoms with Crippen LogP contribution in [-0.4, -0.2) is 54.3 Å². The predicted molar refractivity (Wildman–Crippen MR) is 76.4 cm³/mol. The van der Waals surface area contributed by atoms with Crippen molar-refractivity contribution in [1.29, 1.82) is 0 Å². The molecule has 3 nitrogen and oxygen atoms in total. The number of carbonyl (C=O) groups excluding carboxylic acids is 1. The van der Waals surface area contributed by atoms with Crippen LogP contribution in [0.5, 0.6) is 0 Å². The summed E-state index contributed by atoms with van der Waals surface area (Å²) in [5.74, 6) is -0.315. The van der Waals surface area contributed by atoms with E-state index in [4.69, 9.17) is 0 Å². The number of hydrogen-bond acceptors (Lipinski definition) is 3. The second kappa shape index (κ2) is 6.02. The lowest BCUT2D eigenvalue weighted by atomic mass is 10.1. The maximum atomic E-state index is 13.2. The molecule has 0 aromatic heterocycles. The highest BCUT2D eigenvalue weighted by Gasteiger charge is 2.29. The monoisotopic (exact) mass is 276 g/mol. The Kier molecular flexibility index (Phi) is 4.13. The Morgan fingerprint density at radius 2 is 2.10 bits per heavy atom. The van der Waals surface area contributed by atoms with E-state index in [-0.39, 0.29) is 11.6 Å². The molecule has 2 fully saturated rings. The van der Waals surface area contributed by atoms with Crippen LogP contribution in [0.3, 0.4) is 0 Å². The van der Waals surface area contributed by atoms with E-state index >= 15 is 0 Å². The second-order valence-electron chi connectivity index (χ2n) is 5.85. The van der Waals surface area contributed by atoms with Crippen molar-refractivity contribution in [3.63, 3.8) is 0 Å². The summed E-state index contributed by atoms with van der Waals surface area (Å²) in [6, 6.07) is 6.62. The first-order chi connectivity index (χ1) is 9.72. The van der Waals surface area contributed by atoms with Crippen LogP contribution in [0.4, 0.5) is 4.39 Å². The van der Waals surface area contributed by atoms with E-state index in [2.05, 4.69) is 9.80 Å². The van der Waals surface area contributed by atoms with Gasteiger partial charge in [-0.15, -0.1) is 0 Å². The first-order valence-electron chi connectivity index (χ1n) is 7.47. The summed E-state index contributed by atoms with van der Waals surface area (Å²) < 4.78 is 13.2. The number of Topliss-reactive ketones (excluding diaryl/α,β-unsaturated/α-hetero) is 1. The SMILES string of the molecule is O=C(CN1CCCN2CCCC2C1)c1cccc(F)c1. The van der Waals surface area contributed by atoms with Crippen molar-refractivity contribution >= 4 is 5.78 Å². The van der Waals surface area contributed by atoms with Gasteiger partial charge in [0.2, 0.25) is 0 Å². The Labute approximate surface area is 119 Å². The van der Waals surface area contributed by atoms with Gasteiger partial charge in [0.1, 0.15) is 5.82 Å². The molecule has 0 saturated carbocycles. The molecule has 1 aromatic rings. The number of rotatable bonds is 3. The van der Waals surface area contributed by atoms with E-state index in [0.29, 0.717) is 18.2 Å². The molecule has 2 aliphatic rings. The first-order valence-corrected chi connectivity index (χ1v) is 7.47. The van der Waals surface area contributed by atoms with Gasteiger partial charge in [-0.3, -0.25) is 14.6 Å². The number of nitrogens with zero attached hydrogens (tertiary/aromatic N) is 2. The van der Waals surface area contributed by atoms with Crippen molar-refractivity contribution in [2.75, 3.05) is 32.7 Å². The maximum Gasteiger partial charge on any atom is 0.176 e. The molecular formula is C16H21FN2O. The van der Waals surface area contributed by atoms with E-state index in [1.54, 1.807) is 12.1 Å². The van der Waals surface area contributed by atoms with E-state index in [1.807, 2.05) is 0 Å². The molecule has 2 aliphatic heterocycles. The van der Waals surface area contributed by atoms with Crippen LogP contribution < -0.4 is 0 Å². The van der Waals surface area contributed by atoms with Crippen molar-refractivity contribution in [1.82, 2.24) is 9.80 Å². The van der Waals surface area contributed by atoms with Crippen molar-refractivity contribution in [2.24, 2.45) is 0 Å². The molecule has 3 rings (SSSR count). The Bertz CT molecular complexity index is 491. The first kappa shape index (κ1) is 13.7. The van der Waals surface area contributed by atoms with E-state index in [9.17, 15) is 9.18 Å². The van der Waals surface area contributed by atoms with E-state index in [0.717, 1.165) is 26.1 Å². The predicted octanol–water partition coefficient (Wildman–Crippen LogP) is 2.18. The van der Waals surface area contributed by atoms with E-state index in [1.165, 1.54) is 31.5 Å². The lowest BCUT2D eigenvalue weighted by Crippen LogP contribution is -2.38. The van der Waals surface area contributed by atoms with Crippen LogP contribution in [0.2, 0.25) is 0 Å². The molecule has 2 heterocycles. The van der Waals surface area contributed by atoms with Gasteiger partial charge in [0.05, 0.1) is 6.54 Å². The van der Waals surface area contributed by atoms with Gasteiger partial charge in [-0.1, -0.05) is 12.1 Å². The van der Waals surface area contributed by atoms with Gasteiger partial charge in [0.25, 0.3) is 0 Å². The van der Waals surface area contributed by atoms with Crippen LogP contribution in [0, 0.1) is 5.82 Å². The van der Waals surface area contributed by atoms with Crippen molar-refractivity contribution < 1.29 is 9.18 Å². The molecule has 20 heavy (non-hydrogen) atoms. The lowest BCUT2D eigenvalue weighted by Gasteiger charge is -2.25. The van der Waals surface area contributed by atoms with Crippen LogP contribution in [0.15, 0.2) is 24.3 Å². The molecule has 0 N–H and O–H groups in total. The molecule has 4 heteroatoms. The van der Waals surface area contributed by atoms with Gasteiger partial charge >= 0.3 is 0 Å². The number of benzene rings is 1. The highest BCUT2D eigenvalue weighted by molar-refractivity contribution is 5.97. The summed E-state index contributed by atoms with van der Waals surface area (Å²) in [7, 11) is 0. The summed E-state index contributed by atoms with van der Waals surface area (Å²) in [6.45, 7) is 4.70. The van der Waals surface area contributed by atoms with Gasteiger partial charge in [0, 0.05) is 18.2 Å². The second-order valence-corrected chi connectivity index (χ2v) is 5.85. The third-order valence-electron chi connectivity index (χ3n) is 4.40. The minimum absolute atomic E-state index is 0.0240. The fourth-order valence-electron chi connectivity index (χ4n) is 3.38. The zero-order valence-corrected chi connectivity index (χ0v) is 11.7. The van der Waals surface area contributed by atoms with Gasteiger partial charge in [-0.05, 0) is 51.0 Å². The number of hydrogen-bond donors (Lipinski definition) is 0. The largest absolute Gasteiger partial charge is 0.299 e. The summed E-state index contributed by atoms with van der Waals surface area (Å²) >= 11 is 0. The van der Waals surface area contributed by atoms with E-state index < -0.39 is 0 Å².